The Kier molecular flexibility index (Phi) is 3.79. The van der Waals surface area contributed by atoms with Crippen molar-refractivity contribution in [2.24, 2.45) is 0 Å². The molecule has 0 bridgehead atoms. The molecule has 132 valence electrons. The van der Waals surface area contributed by atoms with Gasteiger partial charge in [-0.05, 0) is 18.2 Å². The third-order valence-electron chi connectivity index (χ3n) is 4.70. The third-order valence-corrected chi connectivity index (χ3v) is 5.80. The predicted molar refractivity (Wildman–Crippen MR) is 98.9 cm³/mol. The van der Waals surface area contributed by atoms with Crippen LogP contribution in [0.15, 0.2) is 41.2 Å². The van der Waals surface area contributed by atoms with Crippen LogP contribution >= 0.6 is 11.3 Å². The number of piperazine rings is 1. The zero-order valence-corrected chi connectivity index (χ0v) is 14.7. The topological polar surface area (TPSA) is 58.3 Å². The lowest BCUT2D eigenvalue weighted by molar-refractivity contribution is 0.243. The third kappa shape index (κ3) is 2.81. The highest BCUT2D eigenvalue weighted by atomic mass is 32.1. The van der Waals surface area contributed by atoms with Crippen LogP contribution in [0.4, 0.5) is 9.52 Å². The van der Waals surface area contributed by atoms with Crippen LogP contribution in [0.25, 0.3) is 21.2 Å². The molecule has 1 aliphatic heterocycles. The van der Waals surface area contributed by atoms with Crippen molar-refractivity contribution >= 4 is 37.7 Å². The number of anilines is 1. The SMILES string of the molecule is Fc1ccc2c(CN3CCN(c4nc5cnccc5s4)CC3)noc2c1. The molecule has 4 aromatic rings. The Labute approximate surface area is 152 Å². The molecule has 0 amide bonds. The van der Waals surface area contributed by atoms with Gasteiger partial charge in [-0.15, -0.1) is 0 Å². The fourth-order valence-corrected chi connectivity index (χ4v) is 4.27. The van der Waals surface area contributed by atoms with Gasteiger partial charge in [-0.1, -0.05) is 16.5 Å². The number of nitrogens with zero attached hydrogens (tertiary/aromatic N) is 5. The van der Waals surface area contributed by atoms with Crippen molar-refractivity contribution in [1.29, 1.82) is 0 Å². The van der Waals surface area contributed by atoms with Gasteiger partial charge in [-0.2, -0.15) is 0 Å². The number of hydrogen-bond acceptors (Lipinski definition) is 7. The molecule has 0 unspecified atom stereocenters. The molecule has 3 aromatic heterocycles. The van der Waals surface area contributed by atoms with E-state index in [0.29, 0.717) is 12.1 Å². The molecule has 1 saturated heterocycles. The quantitative estimate of drug-likeness (QED) is 0.552. The average Bonchev–Trinajstić information content (AvgIpc) is 3.26. The molecule has 0 atom stereocenters. The second-order valence-electron chi connectivity index (χ2n) is 6.37. The van der Waals surface area contributed by atoms with Gasteiger partial charge < -0.3 is 9.42 Å². The minimum Gasteiger partial charge on any atom is -0.356 e. The van der Waals surface area contributed by atoms with E-state index in [1.54, 1.807) is 23.6 Å². The number of halogens is 1. The number of hydrogen-bond donors (Lipinski definition) is 0. The first-order valence-corrected chi connectivity index (χ1v) is 9.29. The van der Waals surface area contributed by atoms with E-state index >= 15 is 0 Å². The first-order chi connectivity index (χ1) is 12.8. The monoisotopic (exact) mass is 369 g/mol. The van der Waals surface area contributed by atoms with Gasteiger partial charge in [0.15, 0.2) is 10.7 Å². The van der Waals surface area contributed by atoms with E-state index in [9.17, 15) is 4.39 Å². The molecular formula is C18H16FN5OS. The summed E-state index contributed by atoms with van der Waals surface area (Å²) in [7, 11) is 0. The lowest BCUT2D eigenvalue weighted by Gasteiger charge is -2.34. The van der Waals surface area contributed by atoms with E-state index in [1.807, 2.05) is 12.3 Å². The number of rotatable bonds is 3. The first kappa shape index (κ1) is 15.7. The number of fused-ring (bicyclic) bond motifs is 2. The Hall–Kier alpha value is -2.58. The van der Waals surface area contributed by atoms with E-state index in [1.165, 1.54) is 16.8 Å². The maximum atomic E-state index is 13.3. The molecule has 8 heteroatoms. The lowest BCUT2D eigenvalue weighted by atomic mass is 10.2. The number of pyridine rings is 1. The van der Waals surface area contributed by atoms with E-state index in [2.05, 4.69) is 24.9 Å². The van der Waals surface area contributed by atoms with Gasteiger partial charge >= 0.3 is 0 Å². The van der Waals surface area contributed by atoms with Crippen LogP contribution in [0.1, 0.15) is 5.69 Å². The van der Waals surface area contributed by atoms with Gasteiger partial charge in [0, 0.05) is 50.4 Å². The van der Waals surface area contributed by atoms with Crippen LogP contribution in [0.3, 0.4) is 0 Å². The van der Waals surface area contributed by atoms with Crippen molar-refractivity contribution in [3.8, 4) is 0 Å². The van der Waals surface area contributed by atoms with Gasteiger partial charge in [-0.3, -0.25) is 9.88 Å². The highest BCUT2D eigenvalue weighted by Crippen LogP contribution is 2.29. The maximum absolute atomic E-state index is 13.3. The van der Waals surface area contributed by atoms with Crippen LogP contribution in [-0.4, -0.2) is 46.2 Å². The van der Waals surface area contributed by atoms with E-state index < -0.39 is 0 Å². The smallest absolute Gasteiger partial charge is 0.186 e. The zero-order valence-electron chi connectivity index (χ0n) is 13.9. The fourth-order valence-electron chi connectivity index (χ4n) is 3.29. The van der Waals surface area contributed by atoms with Crippen molar-refractivity contribution in [3.63, 3.8) is 0 Å². The van der Waals surface area contributed by atoms with Gasteiger partial charge in [0.2, 0.25) is 0 Å². The summed E-state index contributed by atoms with van der Waals surface area (Å²) in [6.07, 6.45) is 3.61. The Balaban J connectivity index is 1.28. The minimum atomic E-state index is -0.306. The minimum absolute atomic E-state index is 0.306. The molecule has 1 aliphatic rings. The summed E-state index contributed by atoms with van der Waals surface area (Å²) >= 11 is 1.71. The molecule has 0 radical (unpaired) electrons. The normalized spacial score (nSPS) is 16.0. The van der Waals surface area contributed by atoms with Crippen LogP contribution in [0.2, 0.25) is 0 Å². The van der Waals surface area contributed by atoms with Gasteiger partial charge in [-0.25, -0.2) is 9.37 Å². The molecule has 0 spiro atoms. The van der Waals surface area contributed by atoms with Crippen LogP contribution in [-0.2, 0) is 6.54 Å². The standard InChI is InChI=1S/C18H16FN5OS/c19-12-1-2-13-15(22-25-16(13)9-12)11-23-5-7-24(8-6-23)18-21-14-10-20-4-3-17(14)26-18/h1-4,9-10H,5-8,11H2. The highest BCUT2D eigenvalue weighted by molar-refractivity contribution is 7.22. The van der Waals surface area contributed by atoms with Gasteiger partial charge in [0.05, 0.1) is 10.9 Å². The van der Waals surface area contributed by atoms with Gasteiger partial charge in [0.1, 0.15) is 17.0 Å². The van der Waals surface area contributed by atoms with Crippen molar-refractivity contribution in [3.05, 3.63) is 48.2 Å². The van der Waals surface area contributed by atoms with Crippen LogP contribution in [0.5, 0.6) is 0 Å². The average molecular weight is 369 g/mol. The molecule has 0 aliphatic carbocycles. The van der Waals surface area contributed by atoms with Crippen LogP contribution in [0, 0.1) is 5.82 Å². The summed E-state index contributed by atoms with van der Waals surface area (Å²) in [4.78, 5) is 13.5. The van der Waals surface area contributed by atoms with E-state index in [4.69, 9.17) is 4.52 Å². The van der Waals surface area contributed by atoms with Crippen LogP contribution < -0.4 is 4.90 Å². The molecular weight excluding hydrogens is 353 g/mol. The Morgan fingerprint density at radius 3 is 2.88 bits per heavy atom. The zero-order chi connectivity index (χ0) is 17.5. The molecule has 1 fully saturated rings. The number of aromatic nitrogens is 3. The molecule has 1 aromatic carbocycles. The van der Waals surface area contributed by atoms with Crippen molar-refractivity contribution in [2.45, 2.75) is 6.54 Å². The van der Waals surface area contributed by atoms with E-state index in [-0.39, 0.29) is 5.82 Å². The molecule has 0 saturated carbocycles. The first-order valence-electron chi connectivity index (χ1n) is 8.48. The maximum Gasteiger partial charge on any atom is 0.186 e. The number of benzene rings is 1. The largest absolute Gasteiger partial charge is 0.356 e. The highest BCUT2D eigenvalue weighted by Gasteiger charge is 2.21. The van der Waals surface area contributed by atoms with E-state index in [0.717, 1.165) is 47.9 Å². The fraction of sp³-hybridized carbons (Fsp3) is 0.278. The molecule has 4 heterocycles. The molecule has 6 nitrogen and oxygen atoms in total. The summed E-state index contributed by atoms with van der Waals surface area (Å²) in [6.45, 7) is 4.37. The molecule has 26 heavy (non-hydrogen) atoms. The van der Waals surface area contributed by atoms with Crippen molar-refractivity contribution in [1.82, 2.24) is 20.0 Å². The molecule has 5 rings (SSSR count). The Morgan fingerprint density at radius 2 is 2.04 bits per heavy atom. The van der Waals surface area contributed by atoms with Crippen molar-refractivity contribution in [2.75, 3.05) is 31.1 Å². The lowest BCUT2D eigenvalue weighted by Crippen LogP contribution is -2.46. The second kappa shape index (κ2) is 6.30. The van der Waals surface area contributed by atoms with Gasteiger partial charge in [0.25, 0.3) is 0 Å². The summed E-state index contributed by atoms with van der Waals surface area (Å²) in [5.41, 5.74) is 2.32. The predicted octanol–water partition coefficient (Wildman–Crippen LogP) is 3.29. The summed E-state index contributed by atoms with van der Waals surface area (Å²) in [6, 6.07) is 6.57. The second-order valence-corrected chi connectivity index (χ2v) is 7.38. The summed E-state index contributed by atoms with van der Waals surface area (Å²) < 4.78 is 19.7. The van der Waals surface area contributed by atoms with Crippen molar-refractivity contribution < 1.29 is 8.91 Å². The summed E-state index contributed by atoms with van der Waals surface area (Å²) in [5, 5.41) is 6.06. The Bertz CT molecular complexity index is 1040. The number of thiazole rings is 1. The molecule has 0 N–H and O–H groups in total. The Morgan fingerprint density at radius 1 is 1.15 bits per heavy atom. The summed E-state index contributed by atoms with van der Waals surface area (Å²) in [5.74, 6) is -0.306.